The number of nitrogens with one attached hydrogen (secondary N) is 1. The van der Waals surface area contributed by atoms with Crippen molar-refractivity contribution >= 4 is 24.5 Å². The molecule has 172 valence electrons. The summed E-state index contributed by atoms with van der Waals surface area (Å²) in [5.41, 5.74) is 0.949. The highest BCUT2D eigenvalue weighted by Crippen LogP contribution is 2.14. The molecule has 0 fully saturated rings. The Morgan fingerprint density at radius 3 is 2.71 bits per heavy atom. The van der Waals surface area contributed by atoms with E-state index >= 15 is 0 Å². The van der Waals surface area contributed by atoms with Gasteiger partial charge in [0.25, 0.3) is 0 Å². The lowest BCUT2D eigenvalue weighted by atomic mass is 10.1. The Morgan fingerprint density at radius 2 is 2.16 bits per heavy atom. The maximum Gasteiger partial charge on any atom is 0.407 e. The molecule has 0 radical (unpaired) electrons. The number of aliphatic carboxylic acids is 1. The van der Waals surface area contributed by atoms with E-state index in [4.69, 9.17) is 4.74 Å². The van der Waals surface area contributed by atoms with Gasteiger partial charge in [-0.15, -0.1) is 0 Å². The van der Waals surface area contributed by atoms with Crippen molar-refractivity contribution in [3.05, 3.63) is 36.6 Å². The third-order valence-corrected chi connectivity index (χ3v) is 4.46. The first-order valence-electron chi connectivity index (χ1n) is 10.6. The van der Waals surface area contributed by atoms with Crippen LogP contribution in [0.5, 0.6) is 0 Å². The van der Waals surface area contributed by atoms with Gasteiger partial charge in [0.15, 0.2) is 0 Å². The van der Waals surface area contributed by atoms with E-state index in [-0.39, 0.29) is 0 Å². The Balaban J connectivity index is 2.73. The molecule has 0 bridgehead atoms. The number of ether oxygens (including phenoxy) is 1. The van der Waals surface area contributed by atoms with Gasteiger partial charge in [-0.1, -0.05) is 18.7 Å². The lowest BCUT2D eigenvalue weighted by Crippen LogP contribution is -2.45. The van der Waals surface area contributed by atoms with Gasteiger partial charge in [0.2, 0.25) is 0 Å². The SMILES string of the molecule is C=C/C=C(/CN(CC1=NCCC=C1)C(CCCCNC(=O)OC(C)(C)C)C(=O)O)N=C. The van der Waals surface area contributed by atoms with E-state index in [1.165, 1.54) is 0 Å². The standard InChI is InChI=1S/C23H36N4O4/c1-6-11-18(24-5)16-27(17-19-12-7-9-14-25-19)20(21(28)29)13-8-10-15-26-22(30)31-23(2,3)4/h6-7,11-12,20H,1,5,8-10,13-17H2,2-4H3,(H,26,30)(H,28,29)/b18-11-. The molecule has 1 aliphatic heterocycles. The zero-order valence-electron chi connectivity index (χ0n) is 19.0. The Bertz CT molecular complexity index is 720. The van der Waals surface area contributed by atoms with Crippen molar-refractivity contribution in [3.63, 3.8) is 0 Å². The Kier molecular flexibility index (Phi) is 11.5. The maximum atomic E-state index is 12.1. The number of carbonyl (C=O) groups excluding carboxylic acids is 1. The first-order valence-corrected chi connectivity index (χ1v) is 10.6. The predicted octanol–water partition coefficient (Wildman–Crippen LogP) is 3.61. The molecule has 8 heteroatoms. The van der Waals surface area contributed by atoms with Crippen LogP contribution in [0.4, 0.5) is 4.79 Å². The summed E-state index contributed by atoms with van der Waals surface area (Å²) in [6.45, 7) is 14.5. The number of hydrogen-bond acceptors (Lipinski definition) is 6. The fourth-order valence-corrected chi connectivity index (χ4v) is 3.07. The maximum absolute atomic E-state index is 12.1. The first kappa shape index (κ1) is 26.3. The molecule has 1 rings (SSSR count). The highest BCUT2D eigenvalue weighted by molar-refractivity contribution is 5.97. The van der Waals surface area contributed by atoms with Gasteiger partial charge in [0.1, 0.15) is 11.6 Å². The van der Waals surface area contributed by atoms with E-state index in [1.54, 1.807) is 32.9 Å². The van der Waals surface area contributed by atoms with Gasteiger partial charge in [-0.25, -0.2) is 4.79 Å². The topological polar surface area (TPSA) is 104 Å². The van der Waals surface area contributed by atoms with Crippen LogP contribution < -0.4 is 5.32 Å². The predicted molar refractivity (Wildman–Crippen MR) is 125 cm³/mol. The summed E-state index contributed by atoms with van der Waals surface area (Å²) in [4.78, 5) is 34.1. The largest absolute Gasteiger partial charge is 0.480 e. The second-order valence-electron chi connectivity index (χ2n) is 8.30. The van der Waals surface area contributed by atoms with Gasteiger partial charge >= 0.3 is 12.1 Å². The molecule has 0 spiro atoms. The Labute approximate surface area is 185 Å². The van der Waals surface area contributed by atoms with Gasteiger partial charge in [-0.3, -0.25) is 19.7 Å². The minimum Gasteiger partial charge on any atom is -0.480 e. The fraction of sp³-hybridized carbons (Fsp3) is 0.565. The molecule has 31 heavy (non-hydrogen) atoms. The zero-order chi connectivity index (χ0) is 23.3. The molecule has 0 aliphatic carbocycles. The van der Waals surface area contributed by atoms with Crippen LogP contribution in [0.2, 0.25) is 0 Å². The van der Waals surface area contributed by atoms with Crippen LogP contribution in [0.3, 0.4) is 0 Å². The quantitative estimate of drug-likeness (QED) is 0.263. The van der Waals surface area contributed by atoms with E-state index in [0.717, 1.165) is 12.1 Å². The molecule has 0 aromatic rings. The number of dihydropyridines is 1. The number of allylic oxidation sites excluding steroid dienone is 2. The summed E-state index contributed by atoms with van der Waals surface area (Å²) in [5, 5.41) is 12.6. The molecule has 1 heterocycles. The second kappa shape index (κ2) is 13.5. The average molecular weight is 433 g/mol. The number of aliphatic imine (C=N–C) groups is 2. The zero-order valence-corrected chi connectivity index (χ0v) is 19.0. The van der Waals surface area contributed by atoms with E-state index in [1.807, 2.05) is 17.1 Å². The Hall–Kier alpha value is -2.74. The number of carboxylic acid groups (broad SMARTS) is 1. The average Bonchev–Trinajstić information content (AvgIpc) is 2.69. The highest BCUT2D eigenvalue weighted by atomic mass is 16.6. The molecule has 1 unspecified atom stereocenters. The molecule has 0 aromatic carbocycles. The van der Waals surface area contributed by atoms with Crippen LogP contribution in [-0.4, -0.2) is 72.3 Å². The summed E-state index contributed by atoms with van der Waals surface area (Å²) >= 11 is 0. The number of alkyl carbamates (subject to hydrolysis) is 1. The van der Waals surface area contributed by atoms with E-state index in [9.17, 15) is 14.7 Å². The van der Waals surface area contributed by atoms with Crippen molar-refractivity contribution in [2.45, 2.75) is 58.1 Å². The number of nitrogens with zero attached hydrogens (tertiary/aromatic N) is 3. The van der Waals surface area contributed by atoms with E-state index < -0.39 is 23.7 Å². The van der Waals surface area contributed by atoms with E-state index in [0.29, 0.717) is 51.1 Å². The first-order chi connectivity index (χ1) is 14.7. The summed E-state index contributed by atoms with van der Waals surface area (Å²) in [7, 11) is 0. The number of hydrogen-bond donors (Lipinski definition) is 2. The van der Waals surface area contributed by atoms with Gasteiger partial charge in [-0.05, 0) is 65.3 Å². The molecule has 0 saturated heterocycles. The van der Waals surface area contributed by atoms with E-state index in [2.05, 4.69) is 28.6 Å². The minimum absolute atomic E-state index is 0.329. The molecule has 0 saturated carbocycles. The number of carbonyl (C=O) groups is 2. The van der Waals surface area contributed by atoms with Gasteiger partial charge in [0, 0.05) is 31.9 Å². The van der Waals surface area contributed by atoms with Crippen molar-refractivity contribution in [3.8, 4) is 0 Å². The van der Waals surface area contributed by atoms with Crippen molar-refractivity contribution in [2.24, 2.45) is 9.98 Å². The van der Waals surface area contributed by atoms with Crippen LogP contribution in [-0.2, 0) is 9.53 Å². The van der Waals surface area contributed by atoms with Gasteiger partial charge < -0.3 is 15.2 Å². The van der Waals surface area contributed by atoms with Crippen LogP contribution in [0.15, 0.2) is 46.6 Å². The monoisotopic (exact) mass is 432 g/mol. The summed E-state index contributed by atoms with van der Waals surface area (Å²) < 4.78 is 5.20. The molecule has 2 N–H and O–H groups in total. The second-order valence-corrected chi connectivity index (χ2v) is 8.30. The fourth-order valence-electron chi connectivity index (χ4n) is 3.07. The molecular weight excluding hydrogens is 396 g/mol. The van der Waals surface area contributed by atoms with Crippen LogP contribution in [0.25, 0.3) is 0 Å². The lowest BCUT2D eigenvalue weighted by Gasteiger charge is -2.29. The van der Waals surface area contributed by atoms with Crippen molar-refractivity contribution in [1.82, 2.24) is 10.2 Å². The molecule has 1 amide bonds. The molecule has 8 nitrogen and oxygen atoms in total. The van der Waals surface area contributed by atoms with Crippen molar-refractivity contribution < 1.29 is 19.4 Å². The molecular formula is C23H36N4O4. The minimum atomic E-state index is -0.900. The smallest absolute Gasteiger partial charge is 0.407 e. The molecule has 1 aliphatic rings. The molecule has 0 aromatic heterocycles. The van der Waals surface area contributed by atoms with Crippen LogP contribution in [0, 0.1) is 0 Å². The summed E-state index contributed by atoms with van der Waals surface area (Å²) in [6.07, 6.45) is 9.46. The number of unbranched alkanes of at least 4 members (excludes halogenated alkanes) is 1. The van der Waals surface area contributed by atoms with Crippen LogP contribution >= 0.6 is 0 Å². The lowest BCUT2D eigenvalue weighted by molar-refractivity contribution is -0.143. The summed E-state index contributed by atoms with van der Waals surface area (Å²) in [5.74, 6) is -0.900. The highest BCUT2D eigenvalue weighted by Gasteiger charge is 2.27. The van der Waals surface area contributed by atoms with Crippen molar-refractivity contribution in [1.29, 1.82) is 0 Å². The summed E-state index contributed by atoms with van der Waals surface area (Å²) in [6, 6.07) is -0.713. The Morgan fingerprint density at radius 1 is 1.42 bits per heavy atom. The van der Waals surface area contributed by atoms with Gasteiger partial charge in [-0.2, -0.15) is 0 Å². The number of rotatable bonds is 13. The third kappa shape index (κ3) is 11.3. The third-order valence-electron chi connectivity index (χ3n) is 4.46. The number of carboxylic acids is 1. The van der Waals surface area contributed by atoms with Crippen molar-refractivity contribution in [2.75, 3.05) is 26.2 Å². The number of amides is 1. The van der Waals surface area contributed by atoms with Crippen LogP contribution in [0.1, 0.15) is 46.5 Å². The molecule has 1 atom stereocenters. The van der Waals surface area contributed by atoms with Gasteiger partial charge in [0.05, 0.1) is 5.70 Å². The normalized spacial score (nSPS) is 15.2.